The number of hydrogen-bond acceptors (Lipinski definition) is 2. The van der Waals surface area contributed by atoms with Gasteiger partial charge in [-0.25, -0.2) is 8.42 Å². The second kappa shape index (κ2) is 3.86. The van der Waals surface area contributed by atoms with Gasteiger partial charge in [-0.05, 0) is 39.3 Å². The van der Waals surface area contributed by atoms with Crippen LogP contribution in [0.1, 0.15) is 25.8 Å². The third kappa shape index (κ3) is 1.76. The van der Waals surface area contributed by atoms with Crippen molar-refractivity contribution < 1.29 is 8.42 Å². The van der Waals surface area contributed by atoms with Crippen molar-refractivity contribution >= 4 is 10.0 Å². The van der Waals surface area contributed by atoms with E-state index in [-0.39, 0.29) is 12.1 Å². The summed E-state index contributed by atoms with van der Waals surface area (Å²) >= 11 is 0. The molecule has 0 unspecified atom stereocenters. The number of nitrogens with zero attached hydrogens (tertiary/aromatic N) is 1. The maximum atomic E-state index is 12.3. The summed E-state index contributed by atoms with van der Waals surface area (Å²) in [5.74, 6) is 0. The van der Waals surface area contributed by atoms with Crippen LogP contribution in [0.15, 0.2) is 29.2 Å². The molecule has 0 saturated carbocycles. The van der Waals surface area contributed by atoms with E-state index in [0.29, 0.717) is 4.90 Å². The Hall–Kier alpha value is -0.870. The SMILES string of the molecule is Cc1ccc(S(=O)(=O)N2[C@H](C)C[C@H]2C)cc1. The highest BCUT2D eigenvalue weighted by molar-refractivity contribution is 7.89. The van der Waals surface area contributed by atoms with Crippen molar-refractivity contribution in [1.82, 2.24) is 4.31 Å². The summed E-state index contributed by atoms with van der Waals surface area (Å²) in [4.78, 5) is 0.400. The molecule has 1 aromatic carbocycles. The summed E-state index contributed by atoms with van der Waals surface area (Å²) in [5, 5.41) is 0. The number of rotatable bonds is 2. The number of sulfonamides is 1. The lowest BCUT2D eigenvalue weighted by Crippen LogP contribution is -2.55. The van der Waals surface area contributed by atoms with Crippen LogP contribution in [0.25, 0.3) is 0 Å². The maximum Gasteiger partial charge on any atom is 0.243 e. The molecule has 4 heteroatoms. The topological polar surface area (TPSA) is 37.4 Å². The number of hydrogen-bond donors (Lipinski definition) is 0. The van der Waals surface area contributed by atoms with Crippen molar-refractivity contribution in [3.8, 4) is 0 Å². The Kier molecular flexibility index (Phi) is 2.80. The van der Waals surface area contributed by atoms with Gasteiger partial charge >= 0.3 is 0 Å². The van der Waals surface area contributed by atoms with Gasteiger partial charge in [-0.3, -0.25) is 0 Å². The predicted molar refractivity (Wildman–Crippen MR) is 63.7 cm³/mol. The zero-order chi connectivity index (χ0) is 11.9. The van der Waals surface area contributed by atoms with Crippen LogP contribution >= 0.6 is 0 Å². The van der Waals surface area contributed by atoms with Gasteiger partial charge in [-0.1, -0.05) is 17.7 Å². The van der Waals surface area contributed by atoms with Gasteiger partial charge in [0.15, 0.2) is 0 Å². The second-order valence-corrected chi connectivity index (χ2v) is 6.42. The average molecular weight is 239 g/mol. The molecule has 3 nitrogen and oxygen atoms in total. The minimum Gasteiger partial charge on any atom is -0.207 e. The molecule has 0 spiro atoms. The van der Waals surface area contributed by atoms with E-state index in [0.717, 1.165) is 12.0 Å². The molecule has 88 valence electrons. The highest BCUT2D eigenvalue weighted by Crippen LogP contribution is 2.32. The van der Waals surface area contributed by atoms with Crippen molar-refractivity contribution in [3.63, 3.8) is 0 Å². The van der Waals surface area contributed by atoms with Crippen molar-refractivity contribution in [2.75, 3.05) is 0 Å². The Morgan fingerprint density at radius 3 is 2.06 bits per heavy atom. The van der Waals surface area contributed by atoms with Gasteiger partial charge in [0, 0.05) is 12.1 Å². The van der Waals surface area contributed by atoms with Crippen LogP contribution in [0.3, 0.4) is 0 Å². The van der Waals surface area contributed by atoms with Gasteiger partial charge in [0.05, 0.1) is 4.90 Å². The fourth-order valence-electron chi connectivity index (χ4n) is 2.30. The lowest BCUT2D eigenvalue weighted by Gasteiger charge is -2.43. The van der Waals surface area contributed by atoms with E-state index in [1.54, 1.807) is 16.4 Å². The zero-order valence-electron chi connectivity index (χ0n) is 9.84. The fourth-order valence-corrected chi connectivity index (χ4v) is 4.15. The molecule has 2 rings (SSSR count). The molecule has 1 aliphatic rings. The minimum atomic E-state index is -3.28. The quantitative estimate of drug-likeness (QED) is 0.793. The van der Waals surface area contributed by atoms with E-state index >= 15 is 0 Å². The Bertz CT molecular complexity index is 470. The standard InChI is InChI=1S/C12H17NO2S/c1-9-4-6-12(7-5-9)16(14,15)13-10(2)8-11(13)3/h4-7,10-11H,8H2,1-3H3/t10-,11-/m1/s1. The first-order chi connectivity index (χ1) is 7.43. The fraction of sp³-hybridized carbons (Fsp3) is 0.500. The third-order valence-electron chi connectivity index (χ3n) is 3.15. The van der Waals surface area contributed by atoms with Gasteiger partial charge in [0.25, 0.3) is 0 Å². The molecule has 0 bridgehead atoms. The van der Waals surface area contributed by atoms with Crippen LogP contribution in [0.4, 0.5) is 0 Å². The first-order valence-corrected chi connectivity index (χ1v) is 6.97. The van der Waals surface area contributed by atoms with Crippen molar-refractivity contribution in [2.24, 2.45) is 0 Å². The molecule has 0 N–H and O–H groups in total. The Morgan fingerprint density at radius 2 is 1.62 bits per heavy atom. The number of aryl methyl sites for hydroxylation is 1. The molecule has 0 amide bonds. The lowest BCUT2D eigenvalue weighted by atomic mass is 10.0. The van der Waals surface area contributed by atoms with Crippen LogP contribution in [0.5, 0.6) is 0 Å². The highest BCUT2D eigenvalue weighted by Gasteiger charge is 2.41. The molecule has 0 aliphatic carbocycles. The molecule has 1 saturated heterocycles. The molecule has 0 radical (unpaired) electrons. The van der Waals surface area contributed by atoms with Crippen LogP contribution in [-0.4, -0.2) is 24.8 Å². The van der Waals surface area contributed by atoms with E-state index in [1.807, 2.05) is 32.9 Å². The van der Waals surface area contributed by atoms with Crippen molar-refractivity contribution in [1.29, 1.82) is 0 Å². The van der Waals surface area contributed by atoms with E-state index in [4.69, 9.17) is 0 Å². The van der Waals surface area contributed by atoms with Crippen molar-refractivity contribution in [3.05, 3.63) is 29.8 Å². The van der Waals surface area contributed by atoms with Crippen molar-refractivity contribution in [2.45, 2.75) is 44.2 Å². The molecule has 16 heavy (non-hydrogen) atoms. The first kappa shape index (κ1) is 11.6. The van der Waals surface area contributed by atoms with Crippen LogP contribution < -0.4 is 0 Å². The molecular weight excluding hydrogens is 222 g/mol. The highest BCUT2D eigenvalue weighted by atomic mass is 32.2. The second-order valence-electron chi connectivity index (χ2n) is 4.58. The summed E-state index contributed by atoms with van der Waals surface area (Å²) in [6, 6.07) is 7.29. The van der Waals surface area contributed by atoms with E-state index in [1.165, 1.54) is 0 Å². The first-order valence-electron chi connectivity index (χ1n) is 5.53. The molecule has 1 aliphatic heterocycles. The van der Waals surface area contributed by atoms with Gasteiger partial charge in [0.1, 0.15) is 0 Å². The number of benzene rings is 1. The smallest absolute Gasteiger partial charge is 0.207 e. The summed E-state index contributed by atoms with van der Waals surface area (Å²) < 4.78 is 26.1. The van der Waals surface area contributed by atoms with Crippen LogP contribution in [0, 0.1) is 6.92 Å². The minimum absolute atomic E-state index is 0.126. The molecular formula is C12H17NO2S. The third-order valence-corrected chi connectivity index (χ3v) is 5.29. The van der Waals surface area contributed by atoms with Gasteiger partial charge in [0.2, 0.25) is 10.0 Å². The van der Waals surface area contributed by atoms with Gasteiger partial charge < -0.3 is 0 Å². The zero-order valence-corrected chi connectivity index (χ0v) is 10.7. The van der Waals surface area contributed by atoms with Gasteiger partial charge in [-0.2, -0.15) is 4.31 Å². The molecule has 1 fully saturated rings. The Balaban J connectivity index is 2.36. The largest absolute Gasteiger partial charge is 0.243 e. The maximum absolute atomic E-state index is 12.3. The normalized spacial score (nSPS) is 26.4. The van der Waals surface area contributed by atoms with E-state index < -0.39 is 10.0 Å². The van der Waals surface area contributed by atoms with Crippen LogP contribution in [0.2, 0.25) is 0 Å². The van der Waals surface area contributed by atoms with E-state index in [2.05, 4.69) is 0 Å². The monoisotopic (exact) mass is 239 g/mol. The summed E-state index contributed by atoms with van der Waals surface area (Å²) in [6.07, 6.45) is 0.949. The molecule has 0 aromatic heterocycles. The average Bonchev–Trinajstić information content (AvgIpc) is 2.16. The Labute approximate surface area is 97.1 Å². The lowest BCUT2D eigenvalue weighted by molar-refractivity contribution is 0.139. The summed E-state index contributed by atoms with van der Waals surface area (Å²) in [6.45, 7) is 5.85. The van der Waals surface area contributed by atoms with Gasteiger partial charge in [-0.15, -0.1) is 0 Å². The summed E-state index contributed by atoms with van der Waals surface area (Å²) in [5.41, 5.74) is 1.07. The van der Waals surface area contributed by atoms with Crippen LogP contribution in [-0.2, 0) is 10.0 Å². The van der Waals surface area contributed by atoms with E-state index in [9.17, 15) is 8.42 Å². The molecule has 2 atom stereocenters. The molecule has 1 heterocycles. The predicted octanol–water partition coefficient (Wildman–Crippen LogP) is 2.17. The Morgan fingerprint density at radius 1 is 1.12 bits per heavy atom. The molecule has 1 aromatic rings. The summed E-state index contributed by atoms with van der Waals surface area (Å²) in [7, 11) is -3.28.